The van der Waals surface area contributed by atoms with Gasteiger partial charge in [0.15, 0.2) is 0 Å². The summed E-state index contributed by atoms with van der Waals surface area (Å²) in [5.74, 6) is -1.06. The van der Waals surface area contributed by atoms with Gasteiger partial charge >= 0.3 is 0 Å². The molecule has 0 bridgehead atoms. The van der Waals surface area contributed by atoms with Gasteiger partial charge in [-0.05, 0) is 29.7 Å². The fourth-order valence-electron chi connectivity index (χ4n) is 4.25. The molecule has 0 fully saturated rings. The predicted molar refractivity (Wildman–Crippen MR) is 159 cm³/mol. The highest BCUT2D eigenvalue weighted by atomic mass is 35.5. The van der Waals surface area contributed by atoms with Crippen molar-refractivity contribution in [1.29, 1.82) is 0 Å². The summed E-state index contributed by atoms with van der Waals surface area (Å²) in [4.78, 5) is 39.6. The van der Waals surface area contributed by atoms with Gasteiger partial charge in [0, 0.05) is 36.7 Å². The molecule has 0 saturated heterocycles. The number of nitro benzene ring substituents is 1. The topological polar surface area (TPSA) is 130 Å². The van der Waals surface area contributed by atoms with Crippen LogP contribution in [-0.4, -0.2) is 55.4 Å². The fourth-order valence-corrected chi connectivity index (χ4v) is 5.28. The summed E-state index contributed by atoms with van der Waals surface area (Å²) in [6.07, 6.45) is 2.69. The van der Waals surface area contributed by atoms with E-state index in [2.05, 4.69) is 5.32 Å². The van der Waals surface area contributed by atoms with E-state index in [4.69, 9.17) is 11.6 Å². The lowest BCUT2D eigenvalue weighted by molar-refractivity contribution is -0.384. The van der Waals surface area contributed by atoms with E-state index in [1.54, 1.807) is 24.3 Å². The molecule has 3 rings (SSSR count). The number of amides is 2. The van der Waals surface area contributed by atoms with Crippen molar-refractivity contribution in [2.24, 2.45) is 0 Å². The minimum Gasteiger partial charge on any atom is -0.354 e. The first kappa shape index (κ1) is 31.6. The molecule has 0 aliphatic heterocycles. The summed E-state index contributed by atoms with van der Waals surface area (Å²) in [5, 5.41) is 14.6. The lowest BCUT2D eigenvalue weighted by Gasteiger charge is -2.33. The van der Waals surface area contributed by atoms with Crippen LogP contribution in [0.1, 0.15) is 30.9 Å². The number of carbonyl (C=O) groups is 2. The third-order valence-corrected chi connectivity index (χ3v) is 7.92. The van der Waals surface area contributed by atoms with Crippen LogP contribution >= 0.6 is 11.6 Å². The molecule has 0 aliphatic rings. The lowest BCUT2D eigenvalue weighted by Crippen LogP contribution is -2.53. The zero-order valence-electron chi connectivity index (χ0n) is 22.9. The summed E-state index contributed by atoms with van der Waals surface area (Å²) in [7, 11) is -4.06. The molecule has 41 heavy (non-hydrogen) atoms. The van der Waals surface area contributed by atoms with E-state index in [1.807, 2.05) is 37.3 Å². The Morgan fingerprint density at radius 3 is 2.34 bits per heavy atom. The van der Waals surface area contributed by atoms with Crippen LogP contribution in [0.15, 0.2) is 78.9 Å². The van der Waals surface area contributed by atoms with Crippen molar-refractivity contribution in [3.05, 3.63) is 105 Å². The van der Waals surface area contributed by atoms with Gasteiger partial charge in [0.05, 0.1) is 16.9 Å². The largest absolute Gasteiger partial charge is 0.354 e. The first-order valence-electron chi connectivity index (χ1n) is 13.1. The molecular weight excluding hydrogens is 568 g/mol. The van der Waals surface area contributed by atoms with E-state index in [-0.39, 0.29) is 30.2 Å². The molecule has 3 aromatic carbocycles. The van der Waals surface area contributed by atoms with Crippen molar-refractivity contribution in [3.63, 3.8) is 0 Å². The van der Waals surface area contributed by atoms with E-state index in [9.17, 15) is 28.1 Å². The molecule has 0 aromatic heterocycles. The average Bonchev–Trinajstić information content (AvgIpc) is 2.94. The van der Waals surface area contributed by atoms with E-state index in [1.165, 1.54) is 23.1 Å². The van der Waals surface area contributed by atoms with Gasteiger partial charge in [-0.1, -0.05) is 79.5 Å². The summed E-state index contributed by atoms with van der Waals surface area (Å²) in [6.45, 7) is 1.66. The number of rotatable bonds is 14. The van der Waals surface area contributed by atoms with Crippen molar-refractivity contribution >= 4 is 44.8 Å². The van der Waals surface area contributed by atoms with E-state index in [0.717, 1.165) is 35.0 Å². The molecular formula is C29H33ClN4O6S. The molecule has 1 N–H and O–H groups in total. The van der Waals surface area contributed by atoms with Gasteiger partial charge < -0.3 is 10.2 Å². The second-order valence-corrected chi connectivity index (χ2v) is 11.8. The number of benzene rings is 3. The minimum atomic E-state index is -4.06. The highest BCUT2D eigenvalue weighted by Gasteiger charge is 2.33. The number of hydrogen-bond donors (Lipinski definition) is 1. The zero-order valence-corrected chi connectivity index (χ0v) is 24.5. The third-order valence-electron chi connectivity index (χ3n) is 6.41. The summed E-state index contributed by atoms with van der Waals surface area (Å²) in [6, 6.07) is 20.1. The summed E-state index contributed by atoms with van der Waals surface area (Å²) in [5.41, 5.74) is 1.01. The monoisotopic (exact) mass is 600 g/mol. The Morgan fingerprint density at radius 2 is 1.71 bits per heavy atom. The van der Waals surface area contributed by atoms with Crippen LogP contribution in [0.2, 0.25) is 5.02 Å². The van der Waals surface area contributed by atoms with Gasteiger partial charge in [0.25, 0.3) is 5.69 Å². The zero-order chi connectivity index (χ0) is 30.0. The molecule has 218 valence electrons. The number of non-ortho nitro benzene ring substituents is 1. The Morgan fingerprint density at radius 1 is 1.02 bits per heavy atom. The standard InChI is InChI=1S/C29H33ClN4O6S/c1-3-4-17-31-29(36)27(18-22-11-6-5-7-12-22)32(20-23-13-8-9-16-26(23)30)28(35)21-33(41(2,39)40)24-14-10-15-25(19-24)34(37)38/h5-16,19,27H,3-4,17-18,20-21H2,1-2H3,(H,31,36)/t27-/m0/s1. The van der Waals surface area contributed by atoms with Crippen LogP contribution in [0, 0.1) is 10.1 Å². The molecule has 3 aromatic rings. The average molecular weight is 601 g/mol. The van der Waals surface area contributed by atoms with Crippen molar-refractivity contribution in [2.45, 2.75) is 38.8 Å². The van der Waals surface area contributed by atoms with Gasteiger partial charge in [-0.3, -0.25) is 24.0 Å². The number of hydrogen-bond acceptors (Lipinski definition) is 6. The summed E-state index contributed by atoms with van der Waals surface area (Å²) >= 11 is 6.43. The first-order valence-corrected chi connectivity index (χ1v) is 15.3. The third kappa shape index (κ3) is 9.02. The van der Waals surface area contributed by atoms with Crippen LogP contribution in [-0.2, 0) is 32.6 Å². The van der Waals surface area contributed by atoms with E-state index < -0.39 is 33.4 Å². The van der Waals surface area contributed by atoms with Gasteiger partial charge in [0.2, 0.25) is 21.8 Å². The quantitative estimate of drug-likeness (QED) is 0.164. The maximum absolute atomic E-state index is 14.0. The molecule has 0 radical (unpaired) electrons. The smallest absolute Gasteiger partial charge is 0.271 e. The van der Waals surface area contributed by atoms with Crippen LogP contribution in [0.4, 0.5) is 11.4 Å². The Hall–Kier alpha value is -3.96. The molecule has 10 nitrogen and oxygen atoms in total. The second kappa shape index (κ2) is 14.6. The molecule has 0 unspecified atom stereocenters. The van der Waals surface area contributed by atoms with Gasteiger partial charge in [0.1, 0.15) is 12.6 Å². The van der Waals surface area contributed by atoms with E-state index in [0.29, 0.717) is 17.1 Å². The van der Waals surface area contributed by atoms with Crippen LogP contribution in [0.3, 0.4) is 0 Å². The Kier molecular flexibility index (Phi) is 11.2. The Bertz CT molecular complexity index is 1470. The van der Waals surface area contributed by atoms with Gasteiger partial charge in [-0.2, -0.15) is 0 Å². The van der Waals surface area contributed by atoms with Crippen LogP contribution in [0.5, 0.6) is 0 Å². The first-order chi connectivity index (χ1) is 19.5. The second-order valence-electron chi connectivity index (χ2n) is 9.51. The minimum absolute atomic E-state index is 0.0419. The molecule has 0 aliphatic carbocycles. The number of nitrogens with zero attached hydrogens (tertiary/aromatic N) is 3. The fraction of sp³-hybridized carbons (Fsp3) is 0.310. The summed E-state index contributed by atoms with van der Waals surface area (Å²) < 4.78 is 26.5. The van der Waals surface area contributed by atoms with Crippen molar-refractivity contribution in [2.75, 3.05) is 23.7 Å². The van der Waals surface area contributed by atoms with E-state index >= 15 is 0 Å². The van der Waals surface area contributed by atoms with Gasteiger partial charge in [-0.25, -0.2) is 8.42 Å². The molecule has 0 saturated carbocycles. The number of sulfonamides is 1. The van der Waals surface area contributed by atoms with Crippen molar-refractivity contribution in [3.8, 4) is 0 Å². The van der Waals surface area contributed by atoms with Crippen LogP contribution in [0.25, 0.3) is 0 Å². The predicted octanol–water partition coefficient (Wildman–Crippen LogP) is 4.57. The van der Waals surface area contributed by atoms with Gasteiger partial charge in [-0.15, -0.1) is 0 Å². The van der Waals surface area contributed by atoms with Crippen molar-refractivity contribution in [1.82, 2.24) is 10.2 Å². The maximum atomic E-state index is 14.0. The molecule has 0 heterocycles. The normalized spacial score (nSPS) is 11.9. The molecule has 0 spiro atoms. The highest BCUT2D eigenvalue weighted by molar-refractivity contribution is 7.92. The maximum Gasteiger partial charge on any atom is 0.271 e. The molecule has 12 heteroatoms. The SMILES string of the molecule is CCCCNC(=O)[C@H](Cc1ccccc1)N(Cc1ccccc1Cl)C(=O)CN(c1cccc([N+](=O)[O-])c1)S(C)(=O)=O. The van der Waals surface area contributed by atoms with Crippen molar-refractivity contribution < 1.29 is 22.9 Å². The molecule has 1 atom stereocenters. The Balaban J connectivity index is 2.06. The van der Waals surface area contributed by atoms with Crippen LogP contribution < -0.4 is 9.62 Å². The number of nitro groups is 1. The number of unbranched alkanes of at least 4 members (excludes halogenated alkanes) is 1. The number of halogens is 1. The number of carbonyl (C=O) groups excluding carboxylic acids is 2. The number of nitrogens with one attached hydrogen (secondary N) is 1. The highest BCUT2D eigenvalue weighted by Crippen LogP contribution is 2.25. The Labute approximate surface area is 245 Å². The molecule has 2 amide bonds. The number of anilines is 1. The lowest BCUT2D eigenvalue weighted by atomic mass is 10.0.